The number of aromatic nitrogens is 2. The number of fused-ring (bicyclic) bond motifs is 2. The van der Waals surface area contributed by atoms with Crippen LogP contribution in [0.3, 0.4) is 0 Å². The van der Waals surface area contributed by atoms with Gasteiger partial charge in [0.25, 0.3) is 0 Å². The fourth-order valence-corrected chi connectivity index (χ4v) is 3.17. The molecule has 4 heteroatoms. The van der Waals surface area contributed by atoms with E-state index in [0.29, 0.717) is 0 Å². The Labute approximate surface area is 89.4 Å². The van der Waals surface area contributed by atoms with Crippen LogP contribution in [0.25, 0.3) is 0 Å². The third-order valence-corrected chi connectivity index (χ3v) is 3.90. The second-order valence-electron chi connectivity index (χ2n) is 4.83. The zero-order valence-corrected chi connectivity index (χ0v) is 8.85. The minimum Gasteiger partial charge on any atom is -0.343 e. The molecule has 4 nitrogen and oxygen atoms in total. The van der Waals surface area contributed by atoms with Crippen molar-refractivity contribution in [2.24, 2.45) is 11.8 Å². The van der Waals surface area contributed by atoms with Gasteiger partial charge in [-0.3, -0.25) is 0 Å². The van der Waals surface area contributed by atoms with Gasteiger partial charge in [0.15, 0.2) is 5.82 Å². The second kappa shape index (κ2) is 3.93. The van der Waals surface area contributed by atoms with Gasteiger partial charge in [-0.15, -0.1) is 0 Å². The summed E-state index contributed by atoms with van der Waals surface area (Å²) in [5, 5.41) is 7.43. The first-order valence-corrected chi connectivity index (χ1v) is 5.90. The zero-order chi connectivity index (χ0) is 10.1. The van der Waals surface area contributed by atoms with E-state index in [9.17, 15) is 0 Å². The smallest absolute Gasteiger partial charge is 0.213 e. The minimum absolute atomic E-state index is 0.760. The molecule has 1 aromatic heterocycles. The molecular weight excluding hydrogens is 190 g/mol. The predicted molar refractivity (Wildman–Crippen MR) is 55.2 cm³/mol. The van der Waals surface area contributed by atoms with E-state index in [1.807, 2.05) is 0 Å². The van der Waals surface area contributed by atoms with Gasteiger partial charge in [-0.05, 0) is 31.1 Å². The molecule has 2 saturated carbocycles. The van der Waals surface area contributed by atoms with Crippen molar-refractivity contribution in [2.45, 2.75) is 38.1 Å². The van der Waals surface area contributed by atoms with Crippen molar-refractivity contribution < 1.29 is 4.52 Å². The van der Waals surface area contributed by atoms with Crippen molar-refractivity contribution in [3.63, 3.8) is 0 Å². The summed E-state index contributed by atoms with van der Waals surface area (Å²) in [5.74, 6) is 2.77. The fourth-order valence-electron chi connectivity index (χ4n) is 3.17. The van der Waals surface area contributed by atoms with Gasteiger partial charge in [-0.2, -0.15) is 4.98 Å². The van der Waals surface area contributed by atoms with Gasteiger partial charge in [-0.25, -0.2) is 0 Å². The Kier molecular flexibility index (Phi) is 2.44. The summed E-state index contributed by atoms with van der Waals surface area (Å²) in [6.07, 6.45) is 8.02. The van der Waals surface area contributed by atoms with E-state index < -0.39 is 0 Å². The Hall–Kier alpha value is -0.900. The molecule has 1 aromatic rings. The Bertz CT molecular complexity index is 312. The molecule has 3 unspecified atom stereocenters. The molecule has 0 radical (unpaired) electrons. The summed E-state index contributed by atoms with van der Waals surface area (Å²) in [6.45, 7) is 0.980. The third kappa shape index (κ3) is 1.91. The molecule has 1 heterocycles. The second-order valence-corrected chi connectivity index (χ2v) is 4.83. The summed E-state index contributed by atoms with van der Waals surface area (Å²) < 4.78 is 4.70. The van der Waals surface area contributed by atoms with Gasteiger partial charge < -0.3 is 9.84 Å². The van der Waals surface area contributed by atoms with Crippen LogP contribution in [-0.4, -0.2) is 22.7 Å². The van der Waals surface area contributed by atoms with Gasteiger partial charge in [0.05, 0.1) is 0 Å². The predicted octanol–water partition coefficient (Wildman–Crippen LogP) is 1.39. The molecule has 0 spiro atoms. The van der Waals surface area contributed by atoms with Crippen LogP contribution in [-0.2, 0) is 6.42 Å². The molecule has 2 bridgehead atoms. The highest BCUT2D eigenvalue weighted by molar-refractivity contribution is 4.94. The maximum atomic E-state index is 4.70. The topological polar surface area (TPSA) is 51.0 Å². The van der Waals surface area contributed by atoms with E-state index in [2.05, 4.69) is 15.5 Å². The van der Waals surface area contributed by atoms with E-state index in [-0.39, 0.29) is 0 Å². The molecule has 0 aromatic carbocycles. The van der Waals surface area contributed by atoms with Crippen LogP contribution in [0.15, 0.2) is 10.9 Å². The van der Waals surface area contributed by atoms with E-state index in [1.54, 1.807) is 0 Å². The molecule has 2 aliphatic rings. The highest BCUT2D eigenvalue weighted by Crippen LogP contribution is 2.44. The lowest BCUT2D eigenvalue weighted by atomic mass is 9.95. The first-order chi connectivity index (χ1) is 7.42. The molecule has 0 aliphatic heterocycles. The van der Waals surface area contributed by atoms with E-state index in [4.69, 9.17) is 4.52 Å². The summed E-state index contributed by atoms with van der Waals surface area (Å²) >= 11 is 0. The summed E-state index contributed by atoms with van der Waals surface area (Å²) in [7, 11) is 0. The van der Waals surface area contributed by atoms with E-state index in [0.717, 1.165) is 36.7 Å². The molecule has 3 rings (SSSR count). The number of rotatable bonds is 4. The minimum atomic E-state index is 0.760. The molecule has 82 valence electrons. The standard InChI is InChI=1S/C11H17N3O/c1-2-9-5-8(1)6-10(9)12-4-3-11-13-7-15-14-11/h7-10,12H,1-6H2. The number of hydrogen-bond donors (Lipinski definition) is 1. The quantitative estimate of drug-likeness (QED) is 0.810. The first-order valence-electron chi connectivity index (χ1n) is 5.90. The lowest BCUT2D eigenvalue weighted by Crippen LogP contribution is -2.35. The number of hydrogen-bond acceptors (Lipinski definition) is 4. The van der Waals surface area contributed by atoms with Crippen molar-refractivity contribution in [3.8, 4) is 0 Å². The SMILES string of the molecule is c1nc(CCNC2CC3CCC2C3)no1. The van der Waals surface area contributed by atoms with Crippen molar-refractivity contribution in [2.75, 3.05) is 6.54 Å². The van der Waals surface area contributed by atoms with Gasteiger partial charge in [0.1, 0.15) is 0 Å². The number of nitrogens with zero attached hydrogens (tertiary/aromatic N) is 2. The zero-order valence-electron chi connectivity index (χ0n) is 8.85. The van der Waals surface area contributed by atoms with Gasteiger partial charge >= 0.3 is 0 Å². The largest absolute Gasteiger partial charge is 0.343 e. The number of nitrogens with one attached hydrogen (secondary N) is 1. The van der Waals surface area contributed by atoms with Crippen molar-refractivity contribution in [1.29, 1.82) is 0 Å². The van der Waals surface area contributed by atoms with Crippen LogP contribution in [0.5, 0.6) is 0 Å². The summed E-state index contributed by atoms with van der Waals surface area (Å²) in [5.41, 5.74) is 0. The van der Waals surface area contributed by atoms with Crippen LogP contribution in [0, 0.1) is 11.8 Å². The molecular formula is C11H17N3O. The Morgan fingerprint density at radius 3 is 3.07 bits per heavy atom. The molecule has 1 N–H and O–H groups in total. The lowest BCUT2D eigenvalue weighted by Gasteiger charge is -2.22. The highest BCUT2D eigenvalue weighted by atomic mass is 16.5. The highest BCUT2D eigenvalue weighted by Gasteiger charge is 2.38. The molecule has 0 saturated heterocycles. The average Bonchev–Trinajstić information content (AvgIpc) is 2.93. The van der Waals surface area contributed by atoms with Crippen molar-refractivity contribution >= 4 is 0 Å². The Morgan fingerprint density at radius 1 is 1.40 bits per heavy atom. The first kappa shape index (κ1) is 9.33. The molecule has 15 heavy (non-hydrogen) atoms. The van der Waals surface area contributed by atoms with E-state index in [1.165, 1.54) is 32.1 Å². The fraction of sp³-hybridized carbons (Fsp3) is 0.818. The maximum absolute atomic E-state index is 4.70. The van der Waals surface area contributed by atoms with Crippen LogP contribution in [0.1, 0.15) is 31.5 Å². The van der Waals surface area contributed by atoms with Crippen LogP contribution < -0.4 is 5.32 Å². The van der Waals surface area contributed by atoms with Gasteiger partial charge in [-0.1, -0.05) is 11.6 Å². The summed E-state index contributed by atoms with van der Waals surface area (Å²) in [6, 6.07) is 0.760. The van der Waals surface area contributed by atoms with Crippen LogP contribution in [0.2, 0.25) is 0 Å². The molecule has 3 atom stereocenters. The average molecular weight is 207 g/mol. The van der Waals surface area contributed by atoms with Crippen LogP contribution in [0.4, 0.5) is 0 Å². The van der Waals surface area contributed by atoms with Crippen LogP contribution >= 0.6 is 0 Å². The molecule has 2 fully saturated rings. The summed E-state index contributed by atoms with van der Waals surface area (Å²) in [4.78, 5) is 4.01. The lowest BCUT2D eigenvalue weighted by molar-refractivity contribution is 0.351. The van der Waals surface area contributed by atoms with Gasteiger partial charge in [0.2, 0.25) is 6.39 Å². The Balaban J connectivity index is 1.43. The third-order valence-electron chi connectivity index (χ3n) is 3.90. The normalized spacial score (nSPS) is 33.7. The maximum Gasteiger partial charge on any atom is 0.213 e. The van der Waals surface area contributed by atoms with Crippen molar-refractivity contribution in [3.05, 3.63) is 12.2 Å². The Morgan fingerprint density at radius 2 is 2.40 bits per heavy atom. The monoisotopic (exact) mass is 207 g/mol. The van der Waals surface area contributed by atoms with E-state index >= 15 is 0 Å². The van der Waals surface area contributed by atoms with Gasteiger partial charge in [0, 0.05) is 19.0 Å². The molecule has 0 amide bonds. The molecule has 2 aliphatic carbocycles. The van der Waals surface area contributed by atoms with Crippen molar-refractivity contribution in [1.82, 2.24) is 15.5 Å².